The lowest BCUT2D eigenvalue weighted by Crippen LogP contribution is -2.16. The van der Waals surface area contributed by atoms with Gasteiger partial charge >= 0.3 is 0 Å². The third-order valence-corrected chi connectivity index (χ3v) is 3.66. The van der Waals surface area contributed by atoms with Gasteiger partial charge in [-0.05, 0) is 18.2 Å². The Morgan fingerprint density at radius 3 is 2.11 bits per heavy atom. The molecular weight excluding hydrogens is 272 g/mol. The van der Waals surface area contributed by atoms with Gasteiger partial charge in [0.05, 0.1) is 11.4 Å². The molecule has 19 heavy (non-hydrogen) atoms. The van der Waals surface area contributed by atoms with Crippen LogP contribution in [-0.2, 0) is 15.8 Å². The summed E-state index contributed by atoms with van der Waals surface area (Å²) in [5.74, 6) is -1.84. The van der Waals surface area contributed by atoms with E-state index < -0.39 is 27.4 Å². The van der Waals surface area contributed by atoms with Crippen molar-refractivity contribution >= 4 is 15.7 Å². The lowest BCUT2D eigenvalue weighted by atomic mass is 10.2. The molecule has 2 aromatic rings. The van der Waals surface area contributed by atoms with Gasteiger partial charge in [0.25, 0.3) is 0 Å². The molecule has 0 saturated carbocycles. The zero-order valence-electron chi connectivity index (χ0n) is 9.81. The van der Waals surface area contributed by atoms with Gasteiger partial charge in [0.2, 0.25) is 10.0 Å². The molecule has 0 fully saturated rings. The van der Waals surface area contributed by atoms with Crippen LogP contribution >= 0.6 is 0 Å². The monoisotopic (exact) mass is 283 g/mol. The van der Waals surface area contributed by atoms with Crippen LogP contribution in [-0.4, -0.2) is 8.42 Å². The van der Waals surface area contributed by atoms with E-state index in [4.69, 9.17) is 0 Å². The Hall–Kier alpha value is -1.95. The first-order chi connectivity index (χ1) is 8.98. The Morgan fingerprint density at radius 2 is 1.47 bits per heavy atom. The molecule has 0 radical (unpaired) electrons. The first-order valence-corrected chi connectivity index (χ1v) is 7.11. The van der Waals surface area contributed by atoms with Gasteiger partial charge in [-0.25, -0.2) is 17.2 Å². The van der Waals surface area contributed by atoms with Crippen molar-refractivity contribution in [3.63, 3.8) is 0 Å². The molecular formula is C13H11F2NO2S. The minimum absolute atomic E-state index is 0.0336. The van der Waals surface area contributed by atoms with Gasteiger partial charge in [-0.2, -0.15) is 0 Å². The highest BCUT2D eigenvalue weighted by Crippen LogP contribution is 2.17. The Balaban J connectivity index is 2.21. The van der Waals surface area contributed by atoms with Crippen LogP contribution in [0.2, 0.25) is 0 Å². The van der Waals surface area contributed by atoms with E-state index in [0.717, 1.165) is 6.07 Å². The molecule has 0 bridgehead atoms. The summed E-state index contributed by atoms with van der Waals surface area (Å²) in [5.41, 5.74) is -0.120. The third kappa shape index (κ3) is 3.51. The lowest BCUT2D eigenvalue weighted by molar-refractivity contribution is 0.589. The molecule has 1 N–H and O–H groups in total. The van der Waals surface area contributed by atoms with E-state index in [1.807, 2.05) is 0 Å². The largest absolute Gasteiger partial charge is 0.280 e. The SMILES string of the molecule is O=S(=O)(Cc1ccccc1F)Nc1ccccc1F. The Bertz CT molecular complexity index is 633. The number of nitrogens with one attached hydrogen (secondary N) is 1. The van der Waals surface area contributed by atoms with Crippen molar-refractivity contribution in [3.8, 4) is 0 Å². The van der Waals surface area contributed by atoms with Gasteiger partial charge in [0, 0.05) is 5.56 Å². The van der Waals surface area contributed by atoms with Gasteiger partial charge in [-0.1, -0.05) is 30.3 Å². The first-order valence-electron chi connectivity index (χ1n) is 5.46. The van der Waals surface area contributed by atoms with E-state index in [1.54, 1.807) is 0 Å². The zero-order valence-corrected chi connectivity index (χ0v) is 10.6. The molecule has 2 rings (SSSR count). The van der Waals surface area contributed by atoms with Crippen LogP contribution in [0.4, 0.5) is 14.5 Å². The fraction of sp³-hybridized carbons (Fsp3) is 0.0769. The van der Waals surface area contributed by atoms with Crippen molar-refractivity contribution in [1.82, 2.24) is 0 Å². The predicted octanol–water partition coefficient (Wildman–Crippen LogP) is 2.91. The van der Waals surface area contributed by atoms with Crippen LogP contribution in [0.1, 0.15) is 5.56 Å². The smallest absolute Gasteiger partial charge is 0.237 e. The van der Waals surface area contributed by atoms with Crippen LogP contribution < -0.4 is 4.72 Å². The number of hydrogen-bond donors (Lipinski definition) is 1. The number of halogens is 2. The normalized spacial score (nSPS) is 11.3. The second-order valence-corrected chi connectivity index (χ2v) is 5.65. The van der Waals surface area contributed by atoms with Crippen molar-refractivity contribution in [2.24, 2.45) is 0 Å². The molecule has 0 aliphatic rings. The maximum atomic E-state index is 13.4. The maximum Gasteiger partial charge on any atom is 0.237 e. The molecule has 0 heterocycles. The second-order valence-electron chi connectivity index (χ2n) is 3.93. The van der Waals surface area contributed by atoms with E-state index in [1.165, 1.54) is 42.5 Å². The minimum atomic E-state index is -3.86. The molecule has 100 valence electrons. The van der Waals surface area contributed by atoms with Gasteiger partial charge in [0.15, 0.2) is 0 Å². The van der Waals surface area contributed by atoms with Gasteiger partial charge in [-0.15, -0.1) is 0 Å². The van der Waals surface area contributed by atoms with Crippen LogP contribution in [0, 0.1) is 11.6 Å². The van der Waals surface area contributed by atoms with Gasteiger partial charge in [0.1, 0.15) is 11.6 Å². The van der Waals surface area contributed by atoms with Crippen molar-refractivity contribution in [2.75, 3.05) is 4.72 Å². The second kappa shape index (κ2) is 5.36. The third-order valence-electron chi connectivity index (χ3n) is 2.44. The summed E-state index contributed by atoms with van der Waals surface area (Å²) < 4.78 is 52.5. The van der Waals surface area contributed by atoms with E-state index >= 15 is 0 Å². The first kappa shape index (κ1) is 13.5. The Morgan fingerprint density at radius 1 is 0.895 bits per heavy atom. The van der Waals surface area contributed by atoms with Crippen LogP contribution in [0.5, 0.6) is 0 Å². The fourth-order valence-corrected chi connectivity index (χ4v) is 2.78. The number of rotatable bonds is 4. The zero-order chi connectivity index (χ0) is 13.9. The maximum absolute atomic E-state index is 13.4. The standard InChI is InChI=1S/C13H11F2NO2S/c14-11-6-2-1-5-10(11)9-19(17,18)16-13-8-4-3-7-12(13)15/h1-8,16H,9H2. The van der Waals surface area contributed by atoms with E-state index in [0.29, 0.717) is 0 Å². The summed E-state index contributed by atoms with van der Waals surface area (Å²) in [6.07, 6.45) is 0. The number of hydrogen-bond acceptors (Lipinski definition) is 2. The molecule has 0 amide bonds. The molecule has 0 aromatic heterocycles. The summed E-state index contributed by atoms with van der Waals surface area (Å²) in [6, 6.07) is 10.9. The van der Waals surface area contributed by atoms with Crippen molar-refractivity contribution < 1.29 is 17.2 Å². The van der Waals surface area contributed by atoms with Crippen LogP contribution in [0.3, 0.4) is 0 Å². The number of benzene rings is 2. The average molecular weight is 283 g/mol. The van der Waals surface area contributed by atoms with E-state index in [-0.39, 0.29) is 11.3 Å². The van der Waals surface area contributed by atoms with Crippen molar-refractivity contribution in [3.05, 3.63) is 65.7 Å². The summed E-state index contributed by atoms with van der Waals surface area (Å²) in [5, 5.41) is 0. The topological polar surface area (TPSA) is 46.2 Å². The van der Waals surface area contributed by atoms with E-state index in [9.17, 15) is 17.2 Å². The highest BCUT2D eigenvalue weighted by atomic mass is 32.2. The lowest BCUT2D eigenvalue weighted by Gasteiger charge is -2.09. The fourth-order valence-electron chi connectivity index (χ4n) is 1.57. The molecule has 3 nitrogen and oxygen atoms in total. The molecule has 0 spiro atoms. The van der Waals surface area contributed by atoms with E-state index in [2.05, 4.69) is 4.72 Å². The molecule has 0 saturated heterocycles. The molecule has 6 heteroatoms. The molecule has 0 unspecified atom stereocenters. The molecule has 0 aliphatic heterocycles. The highest BCUT2D eigenvalue weighted by Gasteiger charge is 2.15. The quantitative estimate of drug-likeness (QED) is 0.937. The number of para-hydroxylation sites is 1. The molecule has 2 aromatic carbocycles. The number of anilines is 1. The molecule has 0 atom stereocenters. The van der Waals surface area contributed by atoms with Crippen LogP contribution in [0.15, 0.2) is 48.5 Å². The molecule has 0 aliphatic carbocycles. The minimum Gasteiger partial charge on any atom is -0.280 e. The average Bonchev–Trinajstić information content (AvgIpc) is 2.35. The summed E-state index contributed by atoms with van der Waals surface area (Å²) >= 11 is 0. The highest BCUT2D eigenvalue weighted by molar-refractivity contribution is 7.91. The number of sulfonamides is 1. The summed E-state index contributed by atoms with van der Waals surface area (Å²) in [4.78, 5) is 0. The summed E-state index contributed by atoms with van der Waals surface area (Å²) in [7, 11) is -3.86. The Labute approximate surface area is 109 Å². The van der Waals surface area contributed by atoms with Crippen LogP contribution in [0.25, 0.3) is 0 Å². The Kier molecular flexibility index (Phi) is 3.80. The predicted molar refractivity (Wildman–Crippen MR) is 69.0 cm³/mol. The van der Waals surface area contributed by atoms with Crippen molar-refractivity contribution in [2.45, 2.75) is 5.75 Å². The van der Waals surface area contributed by atoms with Gasteiger partial charge in [-0.3, -0.25) is 4.72 Å². The summed E-state index contributed by atoms with van der Waals surface area (Å²) in [6.45, 7) is 0. The van der Waals surface area contributed by atoms with Gasteiger partial charge < -0.3 is 0 Å². The van der Waals surface area contributed by atoms with Crippen molar-refractivity contribution in [1.29, 1.82) is 0 Å².